The van der Waals surface area contributed by atoms with Crippen LogP contribution >= 0.6 is 0 Å². The molecule has 0 unspecified atom stereocenters. The fraction of sp³-hybridized carbons (Fsp3) is 0.381. The maximum absolute atomic E-state index is 12.2. The summed E-state index contributed by atoms with van der Waals surface area (Å²) in [5.74, 6) is 0.151. The van der Waals surface area contributed by atoms with Gasteiger partial charge in [-0.3, -0.25) is 19.5 Å². The number of non-ortho nitro benzene ring substituents is 1. The molecule has 2 aromatic heterocycles. The van der Waals surface area contributed by atoms with Crippen LogP contribution in [-0.2, 0) is 22.6 Å². The third-order valence-corrected chi connectivity index (χ3v) is 5.28. The normalized spacial score (nSPS) is 13.9. The number of ether oxygens (including phenoxy) is 1. The first-order valence-electron chi connectivity index (χ1n) is 10.3. The monoisotopic (exact) mass is 441 g/mol. The van der Waals surface area contributed by atoms with Crippen LogP contribution in [0.4, 0.5) is 11.5 Å². The van der Waals surface area contributed by atoms with Gasteiger partial charge in [-0.25, -0.2) is 9.78 Å². The number of oxazole rings is 1. The molecule has 1 amide bonds. The molecule has 0 bridgehead atoms. The Balaban J connectivity index is 1.26. The van der Waals surface area contributed by atoms with E-state index in [4.69, 9.17) is 9.15 Å². The second-order valence-corrected chi connectivity index (χ2v) is 7.43. The smallest absolute Gasteiger partial charge is 0.407 e. The molecule has 11 nitrogen and oxygen atoms in total. The molecule has 3 heterocycles. The van der Waals surface area contributed by atoms with Gasteiger partial charge in [0.25, 0.3) is 5.69 Å². The van der Waals surface area contributed by atoms with Gasteiger partial charge in [-0.15, -0.1) is 0 Å². The highest BCUT2D eigenvalue weighted by atomic mass is 16.6. The van der Waals surface area contributed by atoms with Crippen molar-refractivity contribution in [2.45, 2.75) is 25.9 Å². The van der Waals surface area contributed by atoms with Gasteiger partial charge in [-0.1, -0.05) is 6.07 Å². The Labute approximate surface area is 182 Å². The van der Waals surface area contributed by atoms with Crippen molar-refractivity contribution in [2.75, 3.05) is 31.2 Å². The first kappa shape index (κ1) is 21.5. The van der Waals surface area contributed by atoms with Gasteiger partial charge in [0.15, 0.2) is 5.58 Å². The van der Waals surface area contributed by atoms with E-state index < -0.39 is 10.7 Å². The third kappa shape index (κ3) is 4.94. The molecular formula is C21H23N5O6. The van der Waals surface area contributed by atoms with Crippen LogP contribution in [0.3, 0.4) is 0 Å². The number of anilines is 1. The molecule has 1 N–H and O–H groups in total. The number of amides is 1. The number of aromatic nitrogens is 2. The topological polar surface area (TPSA) is 133 Å². The van der Waals surface area contributed by atoms with Crippen LogP contribution in [0.15, 0.2) is 45.7 Å². The van der Waals surface area contributed by atoms with E-state index >= 15 is 0 Å². The predicted molar refractivity (Wildman–Crippen MR) is 115 cm³/mol. The summed E-state index contributed by atoms with van der Waals surface area (Å²) < 4.78 is 11.8. The number of hydrogen-bond acceptors (Lipinski definition) is 8. The summed E-state index contributed by atoms with van der Waals surface area (Å²) >= 11 is 0. The maximum Gasteiger partial charge on any atom is 0.419 e. The Morgan fingerprint density at radius 3 is 2.75 bits per heavy atom. The summed E-state index contributed by atoms with van der Waals surface area (Å²) in [6, 6.07) is 7.89. The lowest BCUT2D eigenvalue weighted by Gasteiger charge is -2.27. The first-order valence-corrected chi connectivity index (χ1v) is 10.3. The van der Waals surface area contributed by atoms with Crippen LogP contribution in [0.25, 0.3) is 11.1 Å². The van der Waals surface area contributed by atoms with Gasteiger partial charge >= 0.3 is 5.76 Å². The van der Waals surface area contributed by atoms with Crippen molar-refractivity contribution in [3.05, 3.63) is 62.8 Å². The molecule has 11 heteroatoms. The summed E-state index contributed by atoms with van der Waals surface area (Å²) in [5.41, 5.74) is 1.37. The second kappa shape index (κ2) is 9.60. The molecule has 1 aromatic carbocycles. The number of pyridine rings is 1. The number of nitro benzene ring substituents is 1. The van der Waals surface area contributed by atoms with Gasteiger partial charge in [0.1, 0.15) is 5.82 Å². The number of nitrogens with one attached hydrogen (secondary N) is 1. The van der Waals surface area contributed by atoms with Crippen LogP contribution in [0.5, 0.6) is 0 Å². The average Bonchev–Trinajstić information content (AvgIpc) is 3.13. The van der Waals surface area contributed by atoms with Gasteiger partial charge in [0.05, 0.1) is 29.7 Å². The number of fused-ring (bicyclic) bond motifs is 1. The number of carbonyl (C=O) groups is 1. The molecule has 1 aliphatic heterocycles. The van der Waals surface area contributed by atoms with Crippen molar-refractivity contribution in [2.24, 2.45) is 0 Å². The average molecular weight is 441 g/mol. The number of hydrogen-bond donors (Lipinski definition) is 1. The quantitative estimate of drug-likeness (QED) is 0.414. The number of morpholine rings is 1. The van der Waals surface area contributed by atoms with Gasteiger partial charge in [-0.2, -0.15) is 0 Å². The highest BCUT2D eigenvalue weighted by molar-refractivity contribution is 5.76. The minimum Gasteiger partial charge on any atom is -0.407 e. The highest BCUT2D eigenvalue weighted by Gasteiger charge is 2.15. The number of aryl methyl sites for hydroxylation is 1. The number of nitrogens with zero attached hydrogens (tertiary/aromatic N) is 4. The first-order chi connectivity index (χ1) is 15.5. The maximum atomic E-state index is 12.2. The molecular weight excluding hydrogens is 418 g/mol. The van der Waals surface area contributed by atoms with E-state index in [1.54, 1.807) is 6.20 Å². The molecule has 0 aliphatic carbocycles. The zero-order valence-electron chi connectivity index (χ0n) is 17.4. The zero-order chi connectivity index (χ0) is 22.5. The minimum atomic E-state index is -0.604. The van der Waals surface area contributed by atoms with E-state index in [1.165, 1.54) is 22.8 Å². The summed E-state index contributed by atoms with van der Waals surface area (Å²) in [6.45, 7) is 3.66. The second-order valence-electron chi connectivity index (χ2n) is 7.43. The Morgan fingerprint density at radius 1 is 1.22 bits per heavy atom. The van der Waals surface area contributed by atoms with Crippen molar-refractivity contribution in [3.8, 4) is 0 Å². The number of carbonyl (C=O) groups excluding carboxylic acids is 1. The molecule has 0 atom stereocenters. The standard InChI is InChI=1S/C21H23N5O6/c27-20(23-14-15-3-6-19(22-13-15)24-8-10-31-11-9-24)2-1-7-25-17-5-4-16(26(29)30)12-18(17)32-21(25)28/h3-6,12-13H,1-2,7-11,14H2,(H,23,27). The fourth-order valence-electron chi connectivity index (χ4n) is 3.57. The molecule has 0 spiro atoms. The largest absolute Gasteiger partial charge is 0.419 e. The van der Waals surface area contributed by atoms with E-state index in [1.807, 2.05) is 12.1 Å². The zero-order valence-corrected chi connectivity index (χ0v) is 17.4. The van der Waals surface area contributed by atoms with Crippen LogP contribution in [0, 0.1) is 10.1 Å². The van der Waals surface area contributed by atoms with Crippen molar-refractivity contribution < 1.29 is 18.9 Å². The van der Waals surface area contributed by atoms with E-state index in [9.17, 15) is 19.7 Å². The lowest BCUT2D eigenvalue weighted by Crippen LogP contribution is -2.36. The number of nitro groups is 1. The molecule has 32 heavy (non-hydrogen) atoms. The Hall–Kier alpha value is -3.73. The van der Waals surface area contributed by atoms with Crippen molar-refractivity contribution >= 4 is 28.5 Å². The van der Waals surface area contributed by atoms with E-state index in [0.717, 1.165) is 24.5 Å². The summed E-state index contributed by atoms with van der Waals surface area (Å²) in [5, 5.41) is 13.7. The Morgan fingerprint density at radius 2 is 2.03 bits per heavy atom. The number of rotatable bonds is 8. The lowest BCUT2D eigenvalue weighted by atomic mass is 10.2. The Kier molecular flexibility index (Phi) is 6.45. The molecule has 0 saturated carbocycles. The number of benzene rings is 1. The molecule has 0 radical (unpaired) electrons. The van der Waals surface area contributed by atoms with E-state index in [2.05, 4.69) is 15.2 Å². The SMILES string of the molecule is O=C(CCCn1c(=O)oc2cc([N+](=O)[O-])ccc21)NCc1ccc(N2CCOCC2)nc1. The predicted octanol–water partition coefficient (Wildman–Crippen LogP) is 1.83. The third-order valence-electron chi connectivity index (χ3n) is 5.28. The summed E-state index contributed by atoms with van der Waals surface area (Å²) in [7, 11) is 0. The molecule has 168 valence electrons. The molecule has 3 aromatic rings. The molecule has 1 aliphatic rings. The van der Waals surface area contributed by atoms with Gasteiger partial charge in [-0.05, 0) is 24.1 Å². The minimum absolute atomic E-state index is 0.140. The van der Waals surface area contributed by atoms with Crippen LogP contribution in [0.2, 0.25) is 0 Å². The van der Waals surface area contributed by atoms with Gasteiger partial charge < -0.3 is 19.4 Å². The Bertz CT molecular complexity index is 1160. The van der Waals surface area contributed by atoms with Gasteiger partial charge in [0, 0.05) is 44.9 Å². The lowest BCUT2D eigenvalue weighted by molar-refractivity contribution is -0.384. The van der Waals surface area contributed by atoms with Crippen molar-refractivity contribution in [1.29, 1.82) is 0 Å². The summed E-state index contributed by atoms with van der Waals surface area (Å²) in [6.07, 6.45) is 2.40. The van der Waals surface area contributed by atoms with Gasteiger partial charge in [0.2, 0.25) is 5.91 Å². The van der Waals surface area contributed by atoms with Crippen LogP contribution < -0.4 is 16.0 Å². The van der Waals surface area contributed by atoms with Crippen molar-refractivity contribution in [3.63, 3.8) is 0 Å². The van der Waals surface area contributed by atoms with Crippen molar-refractivity contribution in [1.82, 2.24) is 14.9 Å². The molecule has 1 saturated heterocycles. The van der Waals surface area contributed by atoms with Crippen LogP contribution in [0.1, 0.15) is 18.4 Å². The molecule has 1 fully saturated rings. The van der Waals surface area contributed by atoms with E-state index in [0.29, 0.717) is 31.7 Å². The molecule has 4 rings (SSSR count). The fourth-order valence-corrected chi connectivity index (χ4v) is 3.57. The van der Waals surface area contributed by atoms with E-state index in [-0.39, 0.29) is 30.1 Å². The highest BCUT2D eigenvalue weighted by Crippen LogP contribution is 2.20. The van der Waals surface area contributed by atoms with Crippen LogP contribution in [-0.4, -0.2) is 46.7 Å². The summed E-state index contributed by atoms with van der Waals surface area (Å²) in [4.78, 5) is 41.2.